The Kier molecular flexibility index (Phi) is 3.19. The number of aromatic nitrogens is 1. The van der Waals surface area contributed by atoms with Crippen molar-refractivity contribution in [2.45, 2.75) is 6.10 Å². The Morgan fingerprint density at radius 3 is 2.60 bits per heavy atom. The predicted octanol–water partition coefficient (Wildman–Crippen LogP) is 3.77. The van der Waals surface area contributed by atoms with Crippen molar-refractivity contribution in [2.24, 2.45) is 0 Å². The molecule has 0 saturated heterocycles. The molecule has 0 spiro atoms. The van der Waals surface area contributed by atoms with Crippen molar-refractivity contribution in [2.75, 3.05) is 0 Å². The number of aromatic amines is 1. The van der Waals surface area contributed by atoms with Crippen LogP contribution < -0.4 is 0 Å². The van der Waals surface area contributed by atoms with Gasteiger partial charge in [0.05, 0.1) is 11.6 Å². The third kappa shape index (κ3) is 2.16. The average molecular weight is 283 g/mol. The summed E-state index contributed by atoms with van der Waals surface area (Å²) in [5.41, 5.74) is 3.01. The number of nitriles is 1. The smallest absolute Gasteiger partial charge is 0.106 e. The van der Waals surface area contributed by atoms with Gasteiger partial charge in [0.15, 0.2) is 0 Å². The molecule has 0 fully saturated rings. The molecule has 3 aromatic rings. The number of benzene rings is 2. The van der Waals surface area contributed by atoms with Crippen LogP contribution in [0.2, 0.25) is 5.02 Å². The van der Waals surface area contributed by atoms with Gasteiger partial charge in [-0.05, 0) is 35.9 Å². The lowest BCUT2D eigenvalue weighted by Gasteiger charge is -2.10. The molecule has 20 heavy (non-hydrogen) atoms. The number of aliphatic hydroxyl groups excluding tert-OH is 1. The van der Waals surface area contributed by atoms with Gasteiger partial charge in [-0.25, -0.2) is 0 Å². The number of nitrogens with one attached hydrogen (secondary N) is 1. The molecule has 0 aliphatic heterocycles. The van der Waals surface area contributed by atoms with E-state index in [0.29, 0.717) is 10.6 Å². The van der Waals surface area contributed by atoms with Gasteiger partial charge in [-0.3, -0.25) is 0 Å². The Hall–Kier alpha value is -2.28. The van der Waals surface area contributed by atoms with E-state index in [2.05, 4.69) is 11.1 Å². The Labute approximate surface area is 121 Å². The van der Waals surface area contributed by atoms with Gasteiger partial charge in [-0.15, -0.1) is 0 Å². The van der Waals surface area contributed by atoms with Gasteiger partial charge >= 0.3 is 0 Å². The standard InChI is InChI=1S/C16H11ClN2O/c17-12-5-6-15-13(7-12)14(9-19-15)16(20)11-3-1-10(8-18)2-4-11/h1-7,9,16,19-20H. The third-order valence-corrected chi connectivity index (χ3v) is 3.56. The maximum absolute atomic E-state index is 10.5. The van der Waals surface area contributed by atoms with Crippen molar-refractivity contribution in [1.29, 1.82) is 5.26 Å². The molecule has 0 bridgehead atoms. The number of fused-ring (bicyclic) bond motifs is 1. The van der Waals surface area contributed by atoms with Crippen LogP contribution in [-0.4, -0.2) is 10.1 Å². The maximum atomic E-state index is 10.5. The Morgan fingerprint density at radius 1 is 1.15 bits per heavy atom. The lowest BCUT2D eigenvalue weighted by molar-refractivity contribution is 0.222. The molecular formula is C16H11ClN2O. The molecule has 2 aromatic carbocycles. The van der Waals surface area contributed by atoms with Gasteiger partial charge in [0.2, 0.25) is 0 Å². The minimum Gasteiger partial charge on any atom is -0.384 e. The van der Waals surface area contributed by atoms with Gasteiger partial charge in [0, 0.05) is 27.7 Å². The molecule has 98 valence electrons. The normalized spacial score (nSPS) is 12.2. The largest absolute Gasteiger partial charge is 0.384 e. The maximum Gasteiger partial charge on any atom is 0.106 e. The van der Waals surface area contributed by atoms with E-state index < -0.39 is 6.10 Å². The van der Waals surface area contributed by atoms with E-state index in [1.807, 2.05) is 12.1 Å². The zero-order chi connectivity index (χ0) is 14.1. The summed E-state index contributed by atoms with van der Waals surface area (Å²) in [7, 11) is 0. The molecule has 0 aliphatic carbocycles. The first-order chi connectivity index (χ1) is 9.69. The second-order valence-electron chi connectivity index (χ2n) is 4.57. The first-order valence-electron chi connectivity index (χ1n) is 6.13. The zero-order valence-electron chi connectivity index (χ0n) is 10.5. The number of aliphatic hydroxyl groups is 1. The number of H-pyrrole nitrogens is 1. The quantitative estimate of drug-likeness (QED) is 0.751. The van der Waals surface area contributed by atoms with Crippen LogP contribution in [0.4, 0.5) is 0 Å². The van der Waals surface area contributed by atoms with E-state index in [9.17, 15) is 5.11 Å². The van der Waals surface area contributed by atoms with Crippen molar-refractivity contribution in [1.82, 2.24) is 4.98 Å². The van der Waals surface area contributed by atoms with Crippen LogP contribution in [-0.2, 0) is 0 Å². The molecule has 1 heterocycles. The molecule has 1 unspecified atom stereocenters. The fourth-order valence-corrected chi connectivity index (χ4v) is 2.43. The van der Waals surface area contributed by atoms with E-state index in [-0.39, 0.29) is 0 Å². The van der Waals surface area contributed by atoms with Gasteiger partial charge < -0.3 is 10.1 Å². The second-order valence-corrected chi connectivity index (χ2v) is 5.01. The third-order valence-electron chi connectivity index (χ3n) is 3.33. The van der Waals surface area contributed by atoms with Crippen LogP contribution in [0.1, 0.15) is 22.8 Å². The van der Waals surface area contributed by atoms with E-state index >= 15 is 0 Å². The molecule has 0 amide bonds. The van der Waals surface area contributed by atoms with Gasteiger partial charge in [-0.1, -0.05) is 23.7 Å². The second kappa shape index (κ2) is 5.01. The number of halogens is 1. The van der Waals surface area contributed by atoms with Crippen molar-refractivity contribution in [3.8, 4) is 6.07 Å². The molecule has 1 atom stereocenters. The van der Waals surface area contributed by atoms with E-state index in [0.717, 1.165) is 22.0 Å². The molecule has 2 N–H and O–H groups in total. The highest BCUT2D eigenvalue weighted by molar-refractivity contribution is 6.31. The zero-order valence-corrected chi connectivity index (χ0v) is 11.2. The Morgan fingerprint density at radius 2 is 1.90 bits per heavy atom. The number of hydrogen-bond acceptors (Lipinski definition) is 2. The van der Waals surface area contributed by atoms with Crippen LogP contribution >= 0.6 is 11.6 Å². The summed E-state index contributed by atoms with van der Waals surface area (Å²) in [6.45, 7) is 0. The summed E-state index contributed by atoms with van der Waals surface area (Å²) in [4.78, 5) is 3.12. The van der Waals surface area contributed by atoms with Crippen LogP contribution in [0.25, 0.3) is 10.9 Å². The molecule has 4 heteroatoms. The summed E-state index contributed by atoms with van der Waals surface area (Å²) < 4.78 is 0. The van der Waals surface area contributed by atoms with Gasteiger partial charge in [0.25, 0.3) is 0 Å². The van der Waals surface area contributed by atoms with Crippen molar-refractivity contribution in [3.63, 3.8) is 0 Å². The fraction of sp³-hybridized carbons (Fsp3) is 0.0625. The van der Waals surface area contributed by atoms with Gasteiger partial charge in [0.1, 0.15) is 6.10 Å². The first-order valence-corrected chi connectivity index (χ1v) is 6.51. The molecule has 0 radical (unpaired) electrons. The van der Waals surface area contributed by atoms with Crippen LogP contribution in [0.5, 0.6) is 0 Å². The summed E-state index contributed by atoms with van der Waals surface area (Å²) in [6, 6.07) is 14.5. The van der Waals surface area contributed by atoms with Crippen molar-refractivity contribution >= 4 is 22.5 Å². The highest BCUT2D eigenvalue weighted by atomic mass is 35.5. The first kappa shape index (κ1) is 12.7. The predicted molar refractivity (Wildman–Crippen MR) is 78.5 cm³/mol. The molecule has 1 aromatic heterocycles. The van der Waals surface area contributed by atoms with E-state index in [1.54, 1.807) is 36.5 Å². The summed E-state index contributed by atoms with van der Waals surface area (Å²) in [5, 5.41) is 20.8. The highest BCUT2D eigenvalue weighted by Gasteiger charge is 2.15. The molecule has 3 nitrogen and oxygen atoms in total. The van der Waals surface area contributed by atoms with Crippen LogP contribution in [0.15, 0.2) is 48.7 Å². The molecular weight excluding hydrogens is 272 g/mol. The highest BCUT2D eigenvalue weighted by Crippen LogP contribution is 2.30. The SMILES string of the molecule is N#Cc1ccc(C(O)c2c[nH]c3ccc(Cl)cc23)cc1. The van der Waals surface area contributed by atoms with Crippen LogP contribution in [0.3, 0.4) is 0 Å². The average Bonchev–Trinajstić information content (AvgIpc) is 2.89. The van der Waals surface area contributed by atoms with Crippen molar-refractivity contribution in [3.05, 3.63) is 70.4 Å². The lowest BCUT2D eigenvalue weighted by Crippen LogP contribution is -1.98. The monoisotopic (exact) mass is 282 g/mol. The minimum absolute atomic E-state index is 0.572. The molecule has 0 aliphatic rings. The Bertz CT molecular complexity index is 799. The molecule has 3 rings (SSSR count). The fourth-order valence-electron chi connectivity index (χ4n) is 2.26. The number of nitrogens with zero attached hydrogens (tertiary/aromatic N) is 1. The molecule has 0 saturated carbocycles. The Balaban J connectivity index is 2.05. The summed E-state index contributed by atoms with van der Waals surface area (Å²) in [6.07, 6.45) is 1.03. The topological polar surface area (TPSA) is 59.8 Å². The van der Waals surface area contributed by atoms with Gasteiger partial charge in [-0.2, -0.15) is 5.26 Å². The number of rotatable bonds is 2. The minimum atomic E-state index is -0.755. The summed E-state index contributed by atoms with van der Waals surface area (Å²) in [5.74, 6) is 0. The summed E-state index contributed by atoms with van der Waals surface area (Å²) >= 11 is 6.01. The lowest BCUT2D eigenvalue weighted by atomic mass is 10.00. The van der Waals surface area contributed by atoms with Crippen molar-refractivity contribution < 1.29 is 5.11 Å². The number of hydrogen-bond donors (Lipinski definition) is 2. The van der Waals surface area contributed by atoms with E-state index in [4.69, 9.17) is 16.9 Å². The van der Waals surface area contributed by atoms with E-state index in [1.165, 1.54) is 0 Å². The van der Waals surface area contributed by atoms with Crippen LogP contribution in [0, 0.1) is 11.3 Å².